The van der Waals surface area contributed by atoms with Crippen LogP contribution in [0, 0.1) is 0 Å². The van der Waals surface area contributed by atoms with E-state index in [1.54, 1.807) is 0 Å². The van der Waals surface area contributed by atoms with Crippen LogP contribution in [-0.4, -0.2) is 40.9 Å². The van der Waals surface area contributed by atoms with Crippen molar-refractivity contribution in [2.75, 3.05) is 19.6 Å². The third kappa shape index (κ3) is 5.44. The van der Waals surface area contributed by atoms with Gasteiger partial charge in [-0.25, -0.2) is 0 Å². The normalized spacial score (nSPS) is 18.8. The van der Waals surface area contributed by atoms with E-state index in [1.165, 1.54) is 0 Å². The van der Waals surface area contributed by atoms with Gasteiger partial charge in [-0.2, -0.15) is 0 Å². The smallest absolute Gasteiger partial charge is 0.125 e. The van der Waals surface area contributed by atoms with Crippen molar-refractivity contribution >= 4 is 27.5 Å². The summed E-state index contributed by atoms with van der Waals surface area (Å²) in [5.74, 6) is 0.678. The summed E-state index contributed by atoms with van der Waals surface area (Å²) in [5, 5.41) is 21.0. The molecule has 0 spiro atoms. The van der Waals surface area contributed by atoms with Crippen LogP contribution < -0.4 is 4.74 Å². The number of ether oxygens (including phenoxy) is 1. The van der Waals surface area contributed by atoms with Crippen molar-refractivity contribution in [2.45, 2.75) is 31.7 Å². The molecule has 0 bridgehead atoms. The van der Waals surface area contributed by atoms with Gasteiger partial charge in [0.25, 0.3) is 0 Å². The highest BCUT2D eigenvalue weighted by Gasteiger charge is 2.22. The van der Waals surface area contributed by atoms with Crippen molar-refractivity contribution < 1.29 is 14.9 Å². The number of aliphatic hydroxyl groups excluding tert-OH is 2. The molecule has 0 aromatic heterocycles. The summed E-state index contributed by atoms with van der Waals surface area (Å²) in [7, 11) is 0. The molecule has 1 aliphatic heterocycles. The van der Waals surface area contributed by atoms with Crippen LogP contribution in [0.25, 0.3) is 0 Å². The Bertz CT molecular complexity index is 725. The number of aliphatic hydroxyl groups is 2. The molecule has 0 aliphatic carbocycles. The summed E-state index contributed by atoms with van der Waals surface area (Å²) in [6.07, 6.45) is 0.546. The van der Waals surface area contributed by atoms with Crippen molar-refractivity contribution in [2.24, 2.45) is 0 Å². The molecule has 1 unspecified atom stereocenters. The fourth-order valence-electron chi connectivity index (χ4n) is 3.13. The van der Waals surface area contributed by atoms with Crippen LogP contribution in [0.15, 0.2) is 46.9 Å². The summed E-state index contributed by atoms with van der Waals surface area (Å²) in [5.41, 5.74) is 1.79. The predicted molar refractivity (Wildman–Crippen MR) is 107 cm³/mol. The number of benzene rings is 2. The number of nitrogens with zero attached hydrogens (tertiary/aromatic N) is 1. The zero-order chi connectivity index (χ0) is 18.5. The van der Waals surface area contributed by atoms with Crippen LogP contribution in [0.5, 0.6) is 5.75 Å². The zero-order valence-electron chi connectivity index (χ0n) is 14.4. The second kappa shape index (κ2) is 9.20. The minimum atomic E-state index is -0.620. The number of halogens is 2. The molecule has 4 nitrogen and oxygen atoms in total. The Morgan fingerprint density at radius 2 is 2.00 bits per heavy atom. The molecular formula is C20H23BrClNO3. The van der Waals surface area contributed by atoms with Crippen LogP contribution in [0.4, 0.5) is 0 Å². The summed E-state index contributed by atoms with van der Waals surface area (Å²) < 4.78 is 6.86. The molecule has 1 saturated heterocycles. The largest absolute Gasteiger partial charge is 0.489 e. The highest BCUT2D eigenvalue weighted by Crippen LogP contribution is 2.31. The Hall–Kier alpha value is -1.11. The van der Waals surface area contributed by atoms with Crippen LogP contribution in [-0.2, 0) is 6.61 Å². The fourth-order valence-corrected chi connectivity index (χ4v) is 3.63. The summed E-state index contributed by atoms with van der Waals surface area (Å²) >= 11 is 9.38. The van der Waals surface area contributed by atoms with Gasteiger partial charge in [0.2, 0.25) is 0 Å². The molecule has 26 heavy (non-hydrogen) atoms. The molecule has 2 aromatic rings. The van der Waals surface area contributed by atoms with E-state index in [2.05, 4.69) is 20.8 Å². The number of rotatable bonds is 7. The molecule has 1 aliphatic rings. The van der Waals surface area contributed by atoms with Gasteiger partial charge in [0.15, 0.2) is 0 Å². The van der Waals surface area contributed by atoms with Crippen molar-refractivity contribution in [1.29, 1.82) is 0 Å². The Balaban J connectivity index is 1.63. The maximum atomic E-state index is 10.7. The van der Waals surface area contributed by atoms with Gasteiger partial charge in [0, 0.05) is 34.7 Å². The van der Waals surface area contributed by atoms with Gasteiger partial charge in [-0.05, 0) is 48.7 Å². The van der Waals surface area contributed by atoms with Gasteiger partial charge in [0.1, 0.15) is 12.4 Å². The summed E-state index contributed by atoms with van der Waals surface area (Å²) in [6.45, 7) is 2.73. The van der Waals surface area contributed by atoms with E-state index in [0.29, 0.717) is 30.3 Å². The molecule has 2 atom stereocenters. The van der Waals surface area contributed by atoms with E-state index >= 15 is 0 Å². The van der Waals surface area contributed by atoms with Crippen LogP contribution >= 0.6 is 27.5 Å². The lowest BCUT2D eigenvalue weighted by Crippen LogP contribution is -2.24. The second-order valence-corrected chi connectivity index (χ2v) is 8.00. The zero-order valence-corrected chi connectivity index (χ0v) is 16.8. The van der Waals surface area contributed by atoms with Crippen molar-refractivity contribution in [3.8, 4) is 5.75 Å². The lowest BCUT2D eigenvalue weighted by Gasteiger charge is -2.20. The summed E-state index contributed by atoms with van der Waals surface area (Å²) in [6, 6.07) is 13.2. The van der Waals surface area contributed by atoms with Crippen molar-refractivity contribution in [1.82, 2.24) is 4.90 Å². The maximum absolute atomic E-state index is 10.7. The van der Waals surface area contributed by atoms with Crippen LogP contribution in [0.3, 0.4) is 0 Å². The Morgan fingerprint density at radius 1 is 1.23 bits per heavy atom. The Morgan fingerprint density at radius 3 is 2.69 bits per heavy atom. The molecule has 6 heteroatoms. The third-order valence-electron chi connectivity index (χ3n) is 4.60. The minimum Gasteiger partial charge on any atom is -0.489 e. The van der Waals surface area contributed by atoms with Gasteiger partial charge in [0.05, 0.1) is 12.2 Å². The first-order valence-corrected chi connectivity index (χ1v) is 9.93. The van der Waals surface area contributed by atoms with Crippen molar-refractivity contribution in [3.63, 3.8) is 0 Å². The van der Waals surface area contributed by atoms with E-state index in [4.69, 9.17) is 16.3 Å². The average Bonchev–Trinajstić information content (AvgIpc) is 3.05. The van der Waals surface area contributed by atoms with E-state index in [0.717, 1.165) is 35.1 Å². The molecule has 2 aromatic carbocycles. The molecule has 3 rings (SSSR count). The molecule has 0 saturated carbocycles. The minimum absolute atomic E-state index is 0.240. The van der Waals surface area contributed by atoms with E-state index in [1.807, 2.05) is 42.5 Å². The van der Waals surface area contributed by atoms with Gasteiger partial charge in [-0.3, -0.25) is 0 Å². The summed E-state index contributed by atoms with van der Waals surface area (Å²) in [4.78, 5) is 2.18. The van der Waals surface area contributed by atoms with Gasteiger partial charge >= 0.3 is 0 Å². The lowest BCUT2D eigenvalue weighted by molar-refractivity contribution is 0.134. The fraction of sp³-hybridized carbons (Fsp3) is 0.400. The predicted octanol–water partition coefficient (Wildman–Crippen LogP) is 4.17. The molecule has 140 valence electrons. The van der Waals surface area contributed by atoms with E-state index in [9.17, 15) is 10.2 Å². The molecule has 0 radical (unpaired) electrons. The standard InChI is InChI=1S/C20H23BrClNO3/c21-15-3-6-20(26-13-14-1-4-16(22)5-2-14)18(11-15)19(25)8-10-23-9-7-17(24)12-23/h1-6,11,17,19,24-25H,7-10,12-13H2/t17-,19?/m1/s1. The molecule has 0 amide bonds. The lowest BCUT2D eigenvalue weighted by atomic mass is 10.1. The van der Waals surface area contributed by atoms with Crippen molar-refractivity contribution in [3.05, 3.63) is 63.1 Å². The molecular weight excluding hydrogens is 418 g/mol. The SMILES string of the molecule is OC(CCN1CC[C@@H](O)C1)c1cc(Br)ccc1OCc1ccc(Cl)cc1. The first-order chi connectivity index (χ1) is 12.5. The second-order valence-electron chi connectivity index (χ2n) is 6.64. The average molecular weight is 441 g/mol. The van der Waals surface area contributed by atoms with Crippen LogP contribution in [0.1, 0.15) is 30.1 Å². The number of hydrogen-bond donors (Lipinski definition) is 2. The molecule has 1 fully saturated rings. The first-order valence-electron chi connectivity index (χ1n) is 8.76. The number of hydrogen-bond acceptors (Lipinski definition) is 4. The van der Waals surface area contributed by atoms with E-state index < -0.39 is 6.10 Å². The molecule has 2 N–H and O–H groups in total. The number of likely N-dealkylation sites (tertiary alicyclic amines) is 1. The number of β-amino-alcohol motifs (C(OH)–C–C–N with tert-alkyl or cyclic N) is 1. The quantitative estimate of drug-likeness (QED) is 0.678. The van der Waals surface area contributed by atoms with Crippen LogP contribution in [0.2, 0.25) is 5.02 Å². The van der Waals surface area contributed by atoms with Gasteiger partial charge in [-0.1, -0.05) is 39.7 Å². The Labute approximate surface area is 167 Å². The molecule has 1 heterocycles. The topological polar surface area (TPSA) is 52.9 Å². The Kier molecular flexibility index (Phi) is 6.95. The van der Waals surface area contributed by atoms with Gasteiger partial charge in [-0.15, -0.1) is 0 Å². The third-order valence-corrected chi connectivity index (χ3v) is 5.35. The van der Waals surface area contributed by atoms with E-state index in [-0.39, 0.29) is 6.10 Å². The highest BCUT2D eigenvalue weighted by molar-refractivity contribution is 9.10. The highest BCUT2D eigenvalue weighted by atomic mass is 79.9. The monoisotopic (exact) mass is 439 g/mol. The van der Waals surface area contributed by atoms with Gasteiger partial charge < -0.3 is 19.8 Å². The first kappa shape index (κ1) is 19.6. The maximum Gasteiger partial charge on any atom is 0.125 e.